The maximum atomic E-state index is 10.1. The van der Waals surface area contributed by atoms with Crippen LogP contribution in [0.5, 0.6) is 0 Å². The molecule has 0 radical (unpaired) electrons. The van der Waals surface area contributed by atoms with Crippen LogP contribution in [-0.2, 0) is 0 Å². The van der Waals surface area contributed by atoms with Crippen molar-refractivity contribution < 1.29 is 5.11 Å². The average molecular weight is 290 g/mol. The van der Waals surface area contributed by atoms with Gasteiger partial charge in [-0.25, -0.2) is 0 Å². The molecular weight excluding hydrogens is 256 g/mol. The maximum Gasteiger partial charge on any atom is 0.0790 e. The molecule has 1 heteroatoms. The van der Waals surface area contributed by atoms with Crippen molar-refractivity contribution in [1.82, 2.24) is 0 Å². The molecule has 0 saturated carbocycles. The lowest BCUT2D eigenvalue weighted by atomic mass is 10.0. The monoisotopic (exact) mass is 290 g/mol. The van der Waals surface area contributed by atoms with Crippen molar-refractivity contribution in [2.45, 2.75) is 90.6 Å². The summed E-state index contributed by atoms with van der Waals surface area (Å²) in [6, 6.07) is 8.26. The van der Waals surface area contributed by atoms with E-state index in [2.05, 4.69) is 38.1 Å². The molecule has 21 heavy (non-hydrogen) atoms. The fourth-order valence-electron chi connectivity index (χ4n) is 2.78. The first-order valence-corrected chi connectivity index (χ1v) is 8.98. The van der Waals surface area contributed by atoms with Crippen LogP contribution in [0.4, 0.5) is 0 Å². The van der Waals surface area contributed by atoms with Gasteiger partial charge in [0.15, 0.2) is 0 Å². The van der Waals surface area contributed by atoms with Crippen molar-refractivity contribution in [2.24, 2.45) is 0 Å². The van der Waals surface area contributed by atoms with Gasteiger partial charge in [-0.1, -0.05) is 101 Å². The highest BCUT2D eigenvalue weighted by Crippen LogP contribution is 2.20. The third kappa shape index (κ3) is 8.93. The van der Waals surface area contributed by atoms with Gasteiger partial charge in [0.25, 0.3) is 0 Å². The summed E-state index contributed by atoms with van der Waals surface area (Å²) >= 11 is 0. The number of hydrogen-bond acceptors (Lipinski definition) is 1. The standard InChI is InChI=1S/C20H34O/c1-3-4-5-6-7-8-9-10-11-12-13-20(21)19-16-14-18(2)15-17-19/h14-17,20-21H,3-13H2,1-2H3/t20-/m1/s1. The number of rotatable bonds is 12. The van der Waals surface area contributed by atoms with Crippen LogP contribution in [0.25, 0.3) is 0 Å². The zero-order chi connectivity index (χ0) is 15.3. The van der Waals surface area contributed by atoms with Gasteiger partial charge < -0.3 is 5.11 Å². The van der Waals surface area contributed by atoms with Crippen molar-refractivity contribution in [1.29, 1.82) is 0 Å². The second kappa shape index (κ2) is 11.8. The smallest absolute Gasteiger partial charge is 0.0790 e. The Morgan fingerprint density at radius 2 is 1.24 bits per heavy atom. The molecule has 0 aliphatic rings. The van der Waals surface area contributed by atoms with Crippen molar-refractivity contribution in [2.75, 3.05) is 0 Å². The maximum absolute atomic E-state index is 10.1. The molecule has 0 aromatic heterocycles. The average Bonchev–Trinajstić information content (AvgIpc) is 2.49. The molecule has 0 spiro atoms. The van der Waals surface area contributed by atoms with E-state index in [4.69, 9.17) is 0 Å². The summed E-state index contributed by atoms with van der Waals surface area (Å²) < 4.78 is 0. The predicted molar refractivity (Wildman–Crippen MR) is 92.6 cm³/mol. The summed E-state index contributed by atoms with van der Waals surface area (Å²) in [4.78, 5) is 0. The van der Waals surface area contributed by atoms with Gasteiger partial charge in [0.1, 0.15) is 0 Å². The first-order valence-electron chi connectivity index (χ1n) is 8.98. The minimum Gasteiger partial charge on any atom is -0.388 e. The third-order valence-electron chi connectivity index (χ3n) is 4.29. The van der Waals surface area contributed by atoms with Crippen LogP contribution in [0.15, 0.2) is 24.3 Å². The zero-order valence-corrected chi connectivity index (χ0v) is 14.1. The quantitative estimate of drug-likeness (QED) is 0.445. The minimum atomic E-state index is -0.278. The van der Waals surface area contributed by atoms with Gasteiger partial charge in [-0.05, 0) is 18.9 Å². The van der Waals surface area contributed by atoms with Gasteiger partial charge in [0.2, 0.25) is 0 Å². The molecule has 0 bridgehead atoms. The summed E-state index contributed by atoms with van der Waals surface area (Å²) in [5.74, 6) is 0. The lowest BCUT2D eigenvalue weighted by molar-refractivity contribution is 0.163. The second-order valence-corrected chi connectivity index (χ2v) is 6.40. The van der Waals surface area contributed by atoms with Crippen LogP contribution in [0.2, 0.25) is 0 Å². The van der Waals surface area contributed by atoms with E-state index in [0.29, 0.717) is 0 Å². The Balaban J connectivity index is 1.95. The largest absolute Gasteiger partial charge is 0.388 e. The topological polar surface area (TPSA) is 20.2 Å². The van der Waals surface area contributed by atoms with Crippen molar-refractivity contribution in [3.05, 3.63) is 35.4 Å². The number of benzene rings is 1. The van der Waals surface area contributed by atoms with E-state index < -0.39 is 0 Å². The summed E-state index contributed by atoms with van der Waals surface area (Å²) in [5, 5.41) is 10.1. The van der Waals surface area contributed by atoms with E-state index >= 15 is 0 Å². The molecule has 0 heterocycles. The van der Waals surface area contributed by atoms with Gasteiger partial charge in [0.05, 0.1) is 6.10 Å². The Bertz CT molecular complexity index is 341. The highest BCUT2D eigenvalue weighted by atomic mass is 16.3. The summed E-state index contributed by atoms with van der Waals surface area (Å²) in [6.45, 7) is 4.35. The van der Waals surface area contributed by atoms with Gasteiger partial charge in [-0.2, -0.15) is 0 Å². The van der Waals surface area contributed by atoms with Crippen LogP contribution in [0.3, 0.4) is 0 Å². The summed E-state index contributed by atoms with van der Waals surface area (Å²) in [6.07, 6.45) is 14.1. The van der Waals surface area contributed by atoms with E-state index in [1.165, 1.54) is 63.4 Å². The first-order chi connectivity index (χ1) is 10.2. The van der Waals surface area contributed by atoms with E-state index in [1.807, 2.05) is 0 Å². The van der Waals surface area contributed by atoms with Gasteiger partial charge >= 0.3 is 0 Å². The zero-order valence-electron chi connectivity index (χ0n) is 14.1. The molecular formula is C20H34O. The Morgan fingerprint density at radius 1 is 0.762 bits per heavy atom. The number of aryl methyl sites for hydroxylation is 1. The predicted octanol–water partition coefficient (Wildman–Crippen LogP) is 6.34. The molecule has 0 aliphatic heterocycles. The number of unbranched alkanes of at least 4 members (excludes halogenated alkanes) is 9. The van der Waals surface area contributed by atoms with Crippen molar-refractivity contribution in [3.8, 4) is 0 Å². The lowest BCUT2D eigenvalue weighted by Crippen LogP contribution is -1.97. The van der Waals surface area contributed by atoms with Gasteiger partial charge in [-0.15, -0.1) is 0 Å². The highest BCUT2D eigenvalue weighted by Gasteiger charge is 2.06. The molecule has 1 aromatic carbocycles. The molecule has 1 N–H and O–H groups in total. The number of aliphatic hydroxyl groups excluding tert-OH is 1. The second-order valence-electron chi connectivity index (χ2n) is 6.40. The first kappa shape index (κ1) is 18.2. The molecule has 0 fully saturated rings. The summed E-state index contributed by atoms with van der Waals surface area (Å²) in [5.41, 5.74) is 2.32. The molecule has 0 saturated heterocycles. The van der Waals surface area contributed by atoms with Crippen LogP contribution in [0.1, 0.15) is 94.8 Å². The van der Waals surface area contributed by atoms with Crippen LogP contribution in [0, 0.1) is 6.92 Å². The molecule has 1 nitrogen and oxygen atoms in total. The van der Waals surface area contributed by atoms with E-state index in [1.54, 1.807) is 0 Å². The minimum absolute atomic E-state index is 0.278. The fourth-order valence-corrected chi connectivity index (χ4v) is 2.78. The molecule has 0 aliphatic carbocycles. The van der Waals surface area contributed by atoms with Crippen LogP contribution >= 0.6 is 0 Å². The van der Waals surface area contributed by atoms with Crippen molar-refractivity contribution >= 4 is 0 Å². The lowest BCUT2D eigenvalue weighted by Gasteiger charge is -2.11. The Kier molecular flexibility index (Phi) is 10.2. The Morgan fingerprint density at radius 3 is 1.76 bits per heavy atom. The van der Waals surface area contributed by atoms with E-state index in [-0.39, 0.29) is 6.10 Å². The highest BCUT2D eigenvalue weighted by molar-refractivity contribution is 5.22. The molecule has 120 valence electrons. The van der Waals surface area contributed by atoms with Crippen LogP contribution in [-0.4, -0.2) is 5.11 Å². The van der Waals surface area contributed by atoms with Crippen LogP contribution < -0.4 is 0 Å². The molecule has 1 rings (SSSR count). The molecule has 1 atom stereocenters. The summed E-state index contributed by atoms with van der Waals surface area (Å²) in [7, 11) is 0. The van der Waals surface area contributed by atoms with E-state index in [9.17, 15) is 5.11 Å². The molecule has 1 aromatic rings. The van der Waals surface area contributed by atoms with E-state index in [0.717, 1.165) is 18.4 Å². The molecule has 0 amide bonds. The fraction of sp³-hybridized carbons (Fsp3) is 0.700. The van der Waals surface area contributed by atoms with Gasteiger partial charge in [-0.3, -0.25) is 0 Å². The number of aliphatic hydroxyl groups is 1. The van der Waals surface area contributed by atoms with Gasteiger partial charge in [0, 0.05) is 0 Å². The third-order valence-corrected chi connectivity index (χ3v) is 4.29. The Hall–Kier alpha value is -0.820. The SMILES string of the molecule is CCCCCCCCCCCC[C@@H](O)c1ccc(C)cc1. The normalized spacial score (nSPS) is 12.5. The molecule has 0 unspecified atom stereocenters. The Labute approximate surface area is 131 Å². The number of hydrogen-bond donors (Lipinski definition) is 1. The van der Waals surface area contributed by atoms with Crippen molar-refractivity contribution in [3.63, 3.8) is 0 Å².